The van der Waals surface area contributed by atoms with Crippen molar-refractivity contribution in [3.8, 4) is 5.88 Å². The highest BCUT2D eigenvalue weighted by Gasteiger charge is 2.28. The Hall–Kier alpha value is -1.86. The van der Waals surface area contributed by atoms with E-state index in [0.717, 1.165) is 50.9 Å². The third kappa shape index (κ3) is 5.86. The molecule has 2 heterocycles. The summed E-state index contributed by atoms with van der Waals surface area (Å²) < 4.78 is 10.7. The van der Waals surface area contributed by atoms with E-state index in [1.54, 1.807) is 13.3 Å². The standard InChI is InChI=1S/C18H31N5O2/c1-5-19-17(21-13-15-7-6-8-20-16(15)24-4)22-14-18(2,3)23-9-11-25-12-10-23/h6-8H,5,9-14H2,1-4H3,(H2,19,21,22). The van der Waals surface area contributed by atoms with Gasteiger partial charge in [-0.25, -0.2) is 9.98 Å². The van der Waals surface area contributed by atoms with Crippen LogP contribution < -0.4 is 15.4 Å². The van der Waals surface area contributed by atoms with E-state index in [2.05, 4.69) is 46.3 Å². The summed E-state index contributed by atoms with van der Waals surface area (Å²) in [6.07, 6.45) is 1.72. The van der Waals surface area contributed by atoms with Gasteiger partial charge in [0.15, 0.2) is 5.96 Å². The van der Waals surface area contributed by atoms with Gasteiger partial charge in [-0.05, 0) is 26.8 Å². The zero-order chi connectivity index (χ0) is 18.1. The second-order valence-electron chi connectivity index (χ2n) is 6.63. The molecule has 0 atom stereocenters. The van der Waals surface area contributed by atoms with Crippen LogP contribution in [0.4, 0.5) is 0 Å². The lowest BCUT2D eigenvalue weighted by molar-refractivity contribution is -0.00834. The van der Waals surface area contributed by atoms with E-state index in [4.69, 9.17) is 9.47 Å². The number of hydrogen-bond acceptors (Lipinski definition) is 5. The molecule has 1 aromatic heterocycles. The Bertz CT molecular complexity index is 556. The summed E-state index contributed by atoms with van der Waals surface area (Å²) in [5, 5.41) is 6.76. The third-order valence-corrected chi connectivity index (χ3v) is 4.35. The zero-order valence-corrected chi connectivity index (χ0v) is 15.8. The average Bonchev–Trinajstić information content (AvgIpc) is 2.65. The molecule has 0 radical (unpaired) electrons. The van der Waals surface area contributed by atoms with Gasteiger partial charge < -0.3 is 20.1 Å². The lowest BCUT2D eigenvalue weighted by Gasteiger charge is -2.41. The topological polar surface area (TPSA) is 71.0 Å². The Balaban J connectivity index is 1.97. The monoisotopic (exact) mass is 349 g/mol. The van der Waals surface area contributed by atoms with Gasteiger partial charge in [-0.2, -0.15) is 0 Å². The first kappa shape index (κ1) is 19.5. The fourth-order valence-corrected chi connectivity index (χ4v) is 2.81. The molecule has 0 aliphatic carbocycles. The van der Waals surface area contributed by atoms with Crippen LogP contribution in [0.1, 0.15) is 26.3 Å². The Morgan fingerprint density at radius 3 is 2.80 bits per heavy atom. The van der Waals surface area contributed by atoms with Crippen molar-refractivity contribution >= 4 is 5.96 Å². The van der Waals surface area contributed by atoms with Gasteiger partial charge in [-0.1, -0.05) is 6.07 Å². The molecular weight excluding hydrogens is 318 g/mol. The third-order valence-electron chi connectivity index (χ3n) is 4.35. The number of rotatable bonds is 7. The highest BCUT2D eigenvalue weighted by atomic mass is 16.5. The van der Waals surface area contributed by atoms with Crippen molar-refractivity contribution in [3.05, 3.63) is 23.9 Å². The van der Waals surface area contributed by atoms with Crippen molar-refractivity contribution in [2.75, 3.05) is 46.5 Å². The number of aliphatic imine (C=N–C) groups is 1. The predicted octanol–water partition coefficient (Wildman–Crippen LogP) is 1.26. The normalized spacial score (nSPS) is 16.6. The molecule has 1 fully saturated rings. The number of pyridine rings is 1. The summed E-state index contributed by atoms with van der Waals surface area (Å²) in [6, 6.07) is 3.88. The van der Waals surface area contributed by atoms with Crippen molar-refractivity contribution in [2.45, 2.75) is 32.9 Å². The SMILES string of the molecule is CCNC(=NCc1cccnc1OC)NCC(C)(C)N1CCOCC1. The minimum absolute atomic E-state index is 0.0337. The summed E-state index contributed by atoms with van der Waals surface area (Å²) >= 11 is 0. The summed E-state index contributed by atoms with van der Waals surface area (Å²) in [7, 11) is 1.63. The maximum Gasteiger partial charge on any atom is 0.218 e. The van der Waals surface area contributed by atoms with Crippen molar-refractivity contribution in [1.29, 1.82) is 0 Å². The zero-order valence-electron chi connectivity index (χ0n) is 15.8. The molecule has 1 aliphatic rings. The molecule has 2 rings (SSSR count). The molecule has 2 N–H and O–H groups in total. The van der Waals surface area contributed by atoms with Gasteiger partial charge in [0, 0.05) is 43.5 Å². The summed E-state index contributed by atoms with van der Waals surface area (Å²) in [5.41, 5.74) is 1.00. The number of hydrogen-bond donors (Lipinski definition) is 2. The first-order valence-electron chi connectivity index (χ1n) is 8.89. The number of guanidine groups is 1. The smallest absolute Gasteiger partial charge is 0.218 e. The second-order valence-corrected chi connectivity index (χ2v) is 6.63. The molecular formula is C18H31N5O2. The summed E-state index contributed by atoms with van der Waals surface area (Å²) in [6.45, 7) is 12.2. The Morgan fingerprint density at radius 2 is 2.12 bits per heavy atom. The fourth-order valence-electron chi connectivity index (χ4n) is 2.81. The van der Waals surface area contributed by atoms with Gasteiger partial charge in [0.2, 0.25) is 5.88 Å². The maximum absolute atomic E-state index is 5.45. The number of ether oxygens (including phenoxy) is 2. The minimum Gasteiger partial charge on any atom is -0.481 e. The van der Waals surface area contributed by atoms with Crippen molar-refractivity contribution in [3.63, 3.8) is 0 Å². The lowest BCUT2D eigenvalue weighted by atomic mass is 10.0. The molecule has 0 amide bonds. The number of morpholine rings is 1. The lowest BCUT2D eigenvalue weighted by Crippen LogP contribution is -2.56. The van der Waals surface area contributed by atoms with Gasteiger partial charge in [-0.3, -0.25) is 4.90 Å². The van der Waals surface area contributed by atoms with E-state index in [1.165, 1.54) is 0 Å². The minimum atomic E-state index is 0.0337. The quantitative estimate of drug-likeness (QED) is 0.570. The van der Waals surface area contributed by atoms with Crippen molar-refractivity contribution in [2.24, 2.45) is 4.99 Å². The molecule has 25 heavy (non-hydrogen) atoms. The van der Waals surface area contributed by atoms with Crippen LogP contribution >= 0.6 is 0 Å². The van der Waals surface area contributed by atoms with Gasteiger partial charge in [0.1, 0.15) is 0 Å². The fraction of sp³-hybridized carbons (Fsp3) is 0.667. The molecule has 1 aromatic rings. The van der Waals surface area contributed by atoms with Crippen LogP contribution in [0.5, 0.6) is 5.88 Å². The largest absolute Gasteiger partial charge is 0.481 e. The highest BCUT2D eigenvalue weighted by molar-refractivity contribution is 5.79. The number of methoxy groups -OCH3 is 1. The second kappa shape index (κ2) is 9.58. The predicted molar refractivity (Wildman–Crippen MR) is 100 cm³/mol. The van der Waals surface area contributed by atoms with Crippen molar-refractivity contribution in [1.82, 2.24) is 20.5 Å². The molecule has 7 heteroatoms. The number of aromatic nitrogens is 1. The van der Waals surface area contributed by atoms with Gasteiger partial charge in [0.25, 0.3) is 0 Å². The van der Waals surface area contributed by atoms with Crippen LogP contribution in [0.2, 0.25) is 0 Å². The maximum atomic E-state index is 5.45. The first-order valence-corrected chi connectivity index (χ1v) is 8.89. The Kier molecular flexibility index (Phi) is 7.46. The molecule has 0 saturated carbocycles. The molecule has 7 nitrogen and oxygen atoms in total. The molecule has 1 saturated heterocycles. The van der Waals surface area contributed by atoms with Gasteiger partial charge in [0.05, 0.1) is 26.9 Å². The van der Waals surface area contributed by atoms with Gasteiger partial charge >= 0.3 is 0 Å². The summed E-state index contributed by atoms with van der Waals surface area (Å²) in [4.78, 5) is 11.3. The van der Waals surface area contributed by atoms with Crippen LogP contribution in [0.3, 0.4) is 0 Å². The molecule has 0 unspecified atom stereocenters. The van der Waals surface area contributed by atoms with E-state index in [0.29, 0.717) is 12.4 Å². The first-order chi connectivity index (χ1) is 12.1. The molecule has 0 aromatic carbocycles. The Morgan fingerprint density at radius 1 is 1.36 bits per heavy atom. The average molecular weight is 349 g/mol. The van der Waals surface area contributed by atoms with Gasteiger partial charge in [-0.15, -0.1) is 0 Å². The molecule has 140 valence electrons. The van der Waals surface area contributed by atoms with E-state index < -0.39 is 0 Å². The van der Waals surface area contributed by atoms with E-state index in [9.17, 15) is 0 Å². The number of nitrogens with one attached hydrogen (secondary N) is 2. The summed E-state index contributed by atoms with van der Waals surface area (Å²) in [5.74, 6) is 1.42. The van der Waals surface area contributed by atoms with Crippen LogP contribution in [-0.4, -0.2) is 67.9 Å². The van der Waals surface area contributed by atoms with E-state index in [1.807, 2.05) is 12.1 Å². The van der Waals surface area contributed by atoms with Crippen molar-refractivity contribution < 1.29 is 9.47 Å². The van der Waals surface area contributed by atoms with E-state index in [-0.39, 0.29) is 5.54 Å². The van der Waals surface area contributed by atoms with Crippen LogP contribution in [0.25, 0.3) is 0 Å². The molecule has 1 aliphatic heterocycles. The number of nitrogens with zero attached hydrogens (tertiary/aromatic N) is 3. The molecule has 0 bridgehead atoms. The van der Waals surface area contributed by atoms with E-state index >= 15 is 0 Å². The van der Waals surface area contributed by atoms with Crippen LogP contribution in [-0.2, 0) is 11.3 Å². The highest BCUT2D eigenvalue weighted by Crippen LogP contribution is 2.16. The van der Waals surface area contributed by atoms with Crippen LogP contribution in [0, 0.1) is 0 Å². The Labute approximate surface area is 150 Å². The van der Waals surface area contributed by atoms with Crippen LogP contribution in [0.15, 0.2) is 23.3 Å². The molecule has 0 spiro atoms.